The summed E-state index contributed by atoms with van der Waals surface area (Å²) in [6, 6.07) is 16.2. The fraction of sp³-hybridized carbons (Fsp3) is 0.200. The SMILES string of the molecule is CCCOc1cccc(/C(O)=C2/C(=O)C(=O)N(Cc3cccs3)C2c2ccc(O)cc2)c1. The number of aliphatic hydroxyl groups excluding tert-OH is 1. The van der Waals surface area contributed by atoms with Gasteiger partial charge >= 0.3 is 0 Å². The predicted molar refractivity (Wildman–Crippen MR) is 123 cm³/mol. The second kappa shape index (κ2) is 9.28. The molecule has 164 valence electrons. The third kappa shape index (κ3) is 4.24. The van der Waals surface area contributed by atoms with E-state index in [9.17, 15) is 19.8 Å². The third-order valence-corrected chi connectivity index (χ3v) is 6.10. The van der Waals surface area contributed by atoms with Crippen LogP contribution >= 0.6 is 11.3 Å². The first-order valence-electron chi connectivity index (χ1n) is 10.3. The van der Waals surface area contributed by atoms with Crippen LogP contribution in [0.4, 0.5) is 0 Å². The fourth-order valence-corrected chi connectivity index (χ4v) is 4.43. The number of hydrogen-bond acceptors (Lipinski definition) is 6. The minimum absolute atomic E-state index is 0.0184. The third-order valence-electron chi connectivity index (χ3n) is 5.24. The number of benzene rings is 2. The molecule has 1 aromatic heterocycles. The normalized spacial score (nSPS) is 17.7. The lowest BCUT2D eigenvalue weighted by molar-refractivity contribution is -0.140. The second-order valence-electron chi connectivity index (χ2n) is 7.47. The number of hydrogen-bond donors (Lipinski definition) is 2. The molecule has 0 radical (unpaired) electrons. The number of phenolic OH excluding ortho intramolecular Hbond substituents is 1. The standard InChI is InChI=1S/C25H23NO5S/c1-2-12-31-19-6-3-5-17(14-19)23(28)21-22(16-8-10-18(27)11-9-16)26(25(30)24(21)29)15-20-7-4-13-32-20/h3-11,13-14,22,27-28H,2,12,15H2,1H3/b23-21-. The van der Waals surface area contributed by atoms with Gasteiger partial charge in [0, 0.05) is 10.4 Å². The van der Waals surface area contributed by atoms with E-state index in [1.165, 1.54) is 28.4 Å². The van der Waals surface area contributed by atoms with Crippen molar-refractivity contribution >= 4 is 28.8 Å². The highest BCUT2D eigenvalue weighted by molar-refractivity contribution is 7.09. The van der Waals surface area contributed by atoms with Crippen molar-refractivity contribution in [3.8, 4) is 11.5 Å². The molecule has 32 heavy (non-hydrogen) atoms. The fourth-order valence-electron chi connectivity index (χ4n) is 3.73. The van der Waals surface area contributed by atoms with Gasteiger partial charge in [0.2, 0.25) is 0 Å². The second-order valence-corrected chi connectivity index (χ2v) is 8.51. The smallest absolute Gasteiger partial charge is 0.295 e. The van der Waals surface area contributed by atoms with Crippen LogP contribution in [-0.4, -0.2) is 33.4 Å². The number of aliphatic hydroxyl groups is 1. The number of rotatable bonds is 7. The summed E-state index contributed by atoms with van der Waals surface area (Å²) in [5, 5.41) is 22.8. The van der Waals surface area contributed by atoms with E-state index in [2.05, 4.69) is 0 Å². The summed E-state index contributed by atoms with van der Waals surface area (Å²) in [5.41, 5.74) is 1.04. The van der Waals surface area contributed by atoms with Crippen molar-refractivity contribution in [2.24, 2.45) is 0 Å². The first-order valence-corrected chi connectivity index (χ1v) is 11.2. The number of carbonyl (C=O) groups is 2. The Morgan fingerprint density at radius 2 is 1.88 bits per heavy atom. The number of phenols is 1. The van der Waals surface area contributed by atoms with Crippen molar-refractivity contribution in [1.82, 2.24) is 4.90 Å². The quantitative estimate of drug-likeness (QED) is 0.305. The topological polar surface area (TPSA) is 87.1 Å². The van der Waals surface area contributed by atoms with Crippen LogP contribution in [0.25, 0.3) is 5.76 Å². The molecule has 1 aliphatic heterocycles. The van der Waals surface area contributed by atoms with Crippen LogP contribution in [0.5, 0.6) is 11.5 Å². The molecule has 1 amide bonds. The van der Waals surface area contributed by atoms with E-state index >= 15 is 0 Å². The maximum absolute atomic E-state index is 13.1. The number of thiophene rings is 1. The first kappa shape index (κ1) is 21.6. The molecule has 0 bridgehead atoms. The van der Waals surface area contributed by atoms with Crippen molar-refractivity contribution in [2.75, 3.05) is 6.61 Å². The van der Waals surface area contributed by atoms with Crippen molar-refractivity contribution in [3.05, 3.63) is 87.6 Å². The van der Waals surface area contributed by atoms with E-state index in [0.717, 1.165) is 11.3 Å². The zero-order valence-corrected chi connectivity index (χ0v) is 18.3. The molecule has 0 saturated carbocycles. The number of amides is 1. The number of nitrogens with zero attached hydrogens (tertiary/aromatic N) is 1. The molecule has 2 aromatic carbocycles. The summed E-state index contributed by atoms with van der Waals surface area (Å²) in [7, 11) is 0. The van der Waals surface area contributed by atoms with Gasteiger partial charge in [0.25, 0.3) is 11.7 Å². The predicted octanol–water partition coefficient (Wildman–Crippen LogP) is 4.86. The van der Waals surface area contributed by atoms with E-state index in [1.807, 2.05) is 24.4 Å². The van der Waals surface area contributed by atoms with Crippen LogP contribution in [0.1, 0.15) is 35.4 Å². The first-order chi connectivity index (χ1) is 15.5. The highest BCUT2D eigenvalue weighted by Crippen LogP contribution is 2.41. The highest BCUT2D eigenvalue weighted by atomic mass is 32.1. The minimum atomic E-state index is -0.780. The Balaban J connectivity index is 1.81. The lowest BCUT2D eigenvalue weighted by Gasteiger charge is -2.25. The van der Waals surface area contributed by atoms with Gasteiger partial charge in [-0.1, -0.05) is 37.3 Å². The van der Waals surface area contributed by atoms with Crippen LogP contribution in [0.2, 0.25) is 0 Å². The van der Waals surface area contributed by atoms with Crippen molar-refractivity contribution < 1.29 is 24.5 Å². The van der Waals surface area contributed by atoms with E-state index in [0.29, 0.717) is 23.5 Å². The molecule has 1 fully saturated rings. The van der Waals surface area contributed by atoms with Gasteiger partial charge in [0.05, 0.1) is 24.8 Å². The van der Waals surface area contributed by atoms with Gasteiger partial charge < -0.3 is 19.8 Å². The summed E-state index contributed by atoms with van der Waals surface area (Å²) in [5.74, 6) is -1.01. The van der Waals surface area contributed by atoms with Gasteiger partial charge in [-0.25, -0.2) is 0 Å². The molecule has 3 aromatic rings. The lowest BCUT2D eigenvalue weighted by Crippen LogP contribution is -2.28. The highest BCUT2D eigenvalue weighted by Gasteiger charge is 2.46. The molecule has 1 atom stereocenters. The number of carbonyl (C=O) groups excluding carboxylic acids is 2. The monoisotopic (exact) mass is 449 g/mol. The Morgan fingerprint density at radius 3 is 2.56 bits per heavy atom. The average Bonchev–Trinajstić information content (AvgIpc) is 3.40. The maximum atomic E-state index is 13.1. The summed E-state index contributed by atoms with van der Waals surface area (Å²) < 4.78 is 5.65. The van der Waals surface area contributed by atoms with E-state index in [-0.39, 0.29) is 23.6 Å². The number of likely N-dealkylation sites (tertiary alicyclic amines) is 1. The van der Waals surface area contributed by atoms with Gasteiger partial charge in [-0.05, 0) is 47.7 Å². The molecule has 7 heteroatoms. The molecule has 1 unspecified atom stereocenters. The molecule has 1 aliphatic rings. The molecule has 4 rings (SSSR count). The summed E-state index contributed by atoms with van der Waals surface area (Å²) in [6.45, 7) is 2.77. The van der Waals surface area contributed by atoms with Gasteiger partial charge in [-0.15, -0.1) is 11.3 Å². The van der Waals surface area contributed by atoms with E-state index < -0.39 is 17.7 Å². The van der Waals surface area contributed by atoms with Crippen LogP contribution in [0.3, 0.4) is 0 Å². The lowest BCUT2D eigenvalue weighted by atomic mass is 9.95. The van der Waals surface area contributed by atoms with Gasteiger partial charge in [-0.2, -0.15) is 0 Å². The van der Waals surface area contributed by atoms with Gasteiger partial charge in [-0.3, -0.25) is 9.59 Å². The number of aromatic hydroxyl groups is 1. The Bertz CT molecular complexity index is 1150. The van der Waals surface area contributed by atoms with Gasteiger partial charge in [0.15, 0.2) is 0 Å². The van der Waals surface area contributed by atoms with Crippen LogP contribution in [0, 0.1) is 0 Å². The van der Waals surface area contributed by atoms with Crippen molar-refractivity contribution in [1.29, 1.82) is 0 Å². The molecule has 0 aliphatic carbocycles. The Hall–Kier alpha value is -3.58. The van der Waals surface area contributed by atoms with E-state index in [1.54, 1.807) is 36.4 Å². The largest absolute Gasteiger partial charge is 0.508 e. The zero-order chi connectivity index (χ0) is 22.7. The molecule has 2 heterocycles. The Morgan fingerprint density at radius 1 is 1.09 bits per heavy atom. The number of Topliss-reactive ketones (excluding diaryl/α,β-unsaturated/α-hetero) is 1. The molecule has 6 nitrogen and oxygen atoms in total. The average molecular weight is 450 g/mol. The zero-order valence-electron chi connectivity index (χ0n) is 17.5. The summed E-state index contributed by atoms with van der Waals surface area (Å²) >= 11 is 1.49. The maximum Gasteiger partial charge on any atom is 0.295 e. The van der Waals surface area contributed by atoms with E-state index in [4.69, 9.17) is 4.74 Å². The van der Waals surface area contributed by atoms with Gasteiger partial charge in [0.1, 0.15) is 17.3 Å². The van der Waals surface area contributed by atoms with Crippen LogP contribution in [0.15, 0.2) is 71.6 Å². The van der Waals surface area contributed by atoms with Crippen molar-refractivity contribution in [2.45, 2.75) is 25.9 Å². The Labute approximate surface area is 190 Å². The molecular weight excluding hydrogens is 426 g/mol. The Kier molecular flexibility index (Phi) is 6.28. The van der Waals surface area contributed by atoms with Crippen LogP contribution in [-0.2, 0) is 16.1 Å². The van der Waals surface area contributed by atoms with Crippen molar-refractivity contribution in [3.63, 3.8) is 0 Å². The molecular formula is C25H23NO5S. The summed E-state index contributed by atoms with van der Waals surface area (Å²) in [6.07, 6.45) is 0.838. The molecule has 1 saturated heterocycles. The number of ketones is 1. The summed E-state index contributed by atoms with van der Waals surface area (Å²) in [4.78, 5) is 28.5. The molecule has 0 spiro atoms. The minimum Gasteiger partial charge on any atom is -0.508 e. The number of ether oxygens (including phenoxy) is 1. The molecule has 2 N–H and O–H groups in total. The van der Waals surface area contributed by atoms with Crippen LogP contribution < -0.4 is 4.74 Å².